The average Bonchev–Trinajstić information content (AvgIpc) is 3.41. The van der Waals surface area contributed by atoms with Crippen LogP contribution in [0.4, 0.5) is 0 Å². The lowest BCUT2D eigenvalue weighted by Gasteiger charge is -2.03. The van der Waals surface area contributed by atoms with E-state index in [-0.39, 0.29) is 0 Å². The number of nitrogens with zero attached hydrogens (tertiary/aromatic N) is 1. The molecule has 0 radical (unpaired) electrons. The van der Waals surface area contributed by atoms with Crippen molar-refractivity contribution in [1.82, 2.24) is 9.88 Å². The van der Waals surface area contributed by atoms with Crippen LogP contribution in [0.1, 0.15) is 11.1 Å². The summed E-state index contributed by atoms with van der Waals surface area (Å²) in [5.41, 5.74) is 9.20. The zero-order valence-electron chi connectivity index (χ0n) is 16.3. The van der Waals surface area contributed by atoms with Gasteiger partial charge in [-0.15, -0.1) is 0 Å². The molecule has 1 aliphatic rings. The lowest BCUT2D eigenvalue weighted by atomic mass is 9.95. The van der Waals surface area contributed by atoms with Crippen LogP contribution in [0.5, 0.6) is 5.75 Å². The number of benzene rings is 2. The fraction of sp³-hybridized carbons (Fsp3) is 0.130. The third-order valence-corrected chi connectivity index (χ3v) is 5.41. The van der Waals surface area contributed by atoms with Gasteiger partial charge in [-0.1, -0.05) is 18.2 Å². The van der Waals surface area contributed by atoms with Gasteiger partial charge in [-0.25, -0.2) is 0 Å². The number of hydrogen-bond donors (Lipinski definition) is 2. The molecule has 30 heavy (non-hydrogen) atoms. The maximum Gasteiger partial charge on any atom is 0.259 e. The number of nitrogens with two attached hydrogens (primary N) is 1. The smallest absolute Gasteiger partial charge is 0.259 e. The summed E-state index contributed by atoms with van der Waals surface area (Å²) in [5, 5.41) is 4.03. The minimum Gasteiger partial charge on any atom is -0.497 e. The van der Waals surface area contributed by atoms with Crippen LogP contribution in [0, 0.1) is 0 Å². The van der Waals surface area contributed by atoms with Gasteiger partial charge < -0.3 is 19.5 Å². The standard InChI is InChI=1S/C23H19N3O4/c1-29-13-6-7-19-15(10-13)17(12-30-19)21-20(22(27)25-23(21)28)16-11-26(9-8-24)18-5-3-2-4-14(16)18/h2-7,10-12H,8-9,24H2,1H3,(H,25,27,28). The molecule has 4 aromatic rings. The molecular formula is C23H19N3O4. The van der Waals surface area contributed by atoms with Gasteiger partial charge in [0.25, 0.3) is 11.8 Å². The number of fused-ring (bicyclic) bond motifs is 2. The van der Waals surface area contributed by atoms with E-state index in [0.29, 0.717) is 52.1 Å². The first-order valence-electron chi connectivity index (χ1n) is 9.56. The van der Waals surface area contributed by atoms with Crippen molar-refractivity contribution in [2.75, 3.05) is 13.7 Å². The Labute approximate surface area is 171 Å². The Kier molecular flexibility index (Phi) is 4.18. The van der Waals surface area contributed by atoms with Crippen LogP contribution >= 0.6 is 0 Å². The summed E-state index contributed by atoms with van der Waals surface area (Å²) < 4.78 is 13.0. The molecule has 0 saturated carbocycles. The second kappa shape index (κ2) is 6.89. The van der Waals surface area contributed by atoms with Crippen molar-refractivity contribution in [3.8, 4) is 5.75 Å². The van der Waals surface area contributed by atoms with Crippen molar-refractivity contribution in [3.05, 3.63) is 66.1 Å². The number of carbonyl (C=O) groups is 2. The molecule has 7 nitrogen and oxygen atoms in total. The van der Waals surface area contributed by atoms with E-state index in [0.717, 1.165) is 10.9 Å². The lowest BCUT2D eigenvalue weighted by Crippen LogP contribution is -2.22. The number of rotatable bonds is 5. The van der Waals surface area contributed by atoms with Crippen molar-refractivity contribution in [3.63, 3.8) is 0 Å². The third-order valence-electron chi connectivity index (χ3n) is 5.41. The van der Waals surface area contributed by atoms with Gasteiger partial charge in [0, 0.05) is 46.7 Å². The van der Waals surface area contributed by atoms with Crippen molar-refractivity contribution in [2.24, 2.45) is 5.73 Å². The molecule has 3 heterocycles. The minimum absolute atomic E-state index is 0.294. The molecule has 2 aromatic carbocycles. The van der Waals surface area contributed by atoms with Gasteiger partial charge >= 0.3 is 0 Å². The Balaban J connectivity index is 1.81. The number of hydrogen-bond acceptors (Lipinski definition) is 5. The van der Waals surface area contributed by atoms with E-state index in [1.165, 1.54) is 6.26 Å². The topological polar surface area (TPSA) is 99.5 Å². The largest absolute Gasteiger partial charge is 0.497 e. The SMILES string of the molecule is COc1ccc2occ(C3=C(c4cn(CCN)c5ccccc45)C(=O)NC3=O)c2c1. The van der Waals surface area contributed by atoms with Gasteiger partial charge in [0.15, 0.2) is 0 Å². The molecule has 2 amide bonds. The van der Waals surface area contributed by atoms with Crippen molar-refractivity contribution in [1.29, 1.82) is 0 Å². The number of furan rings is 1. The number of para-hydroxylation sites is 1. The van der Waals surface area contributed by atoms with Crippen LogP contribution in [-0.4, -0.2) is 30.0 Å². The Morgan fingerprint density at radius 2 is 1.80 bits per heavy atom. The van der Waals surface area contributed by atoms with Gasteiger partial charge in [0.1, 0.15) is 11.3 Å². The van der Waals surface area contributed by atoms with Crippen LogP contribution < -0.4 is 15.8 Å². The first-order valence-corrected chi connectivity index (χ1v) is 9.56. The summed E-state index contributed by atoms with van der Waals surface area (Å²) in [6.07, 6.45) is 3.39. The molecule has 5 rings (SSSR count). The van der Waals surface area contributed by atoms with E-state index < -0.39 is 11.8 Å². The third kappa shape index (κ3) is 2.63. The highest BCUT2D eigenvalue weighted by atomic mass is 16.5. The van der Waals surface area contributed by atoms with Gasteiger partial charge in [0.05, 0.1) is 24.5 Å². The Hall–Kier alpha value is -3.84. The van der Waals surface area contributed by atoms with E-state index in [1.54, 1.807) is 25.3 Å². The van der Waals surface area contributed by atoms with Gasteiger partial charge in [-0.3, -0.25) is 14.9 Å². The van der Waals surface area contributed by atoms with Gasteiger partial charge in [-0.2, -0.15) is 0 Å². The molecule has 2 aromatic heterocycles. The van der Waals surface area contributed by atoms with Gasteiger partial charge in [-0.05, 0) is 24.3 Å². The maximum atomic E-state index is 12.9. The van der Waals surface area contributed by atoms with E-state index >= 15 is 0 Å². The van der Waals surface area contributed by atoms with E-state index in [4.69, 9.17) is 14.9 Å². The molecule has 0 aliphatic carbocycles. The fourth-order valence-electron chi connectivity index (χ4n) is 4.07. The van der Waals surface area contributed by atoms with Crippen molar-refractivity contribution >= 4 is 44.8 Å². The number of aromatic nitrogens is 1. The molecule has 0 bridgehead atoms. The summed E-state index contributed by atoms with van der Waals surface area (Å²) >= 11 is 0. The molecule has 3 N–H and O–H groups in total. The lowest BCUT2D eigenvalue weighted by molar-refractivity contribution is -0.122. The predicted octanol–water partition coefficient (Wildman–Crippen LogP) is 2.92. The molecule has 0 saturated heterocycles. The maximum absolute atomic E-state index is 12.9. The van der Waals surface area contributed by atoms with Crippen LogP contribution in [0.2, 0.25) is 0 Å². The van der Waals surface area contributed by atoms with E-state index in [1.807, 2.05) is 35.0 Å². The predicted molar refractivity (Wildman–Crippen MR) is 114 cm³/mol. The number of ether oxygens (including phenoxy) is 1. The molecule has 7 heteroatoms. The second-order valence-corrected chi connectivity index (χ2v) is 7.09. The first kappa shape index (κ1) is 18.2. The molecule has 0 unspecified atom stereocenters. The number of carbonyl (C=O) groups excluding carboxylic acids is 2. The number of amides is 2. The summed E-state index contributed by atoms with van der Waals surface area (Å²) in [4.78, 5) is 25.7. The monoisotopic (exact) mass is 401 g/mol. The molecule has 0 fully saturated rings. The number of nitrogens with one attached hydrogen (secondary N) is 1. The highest BCUT2D eigenvalue weighted by Gasteiger charge is 2.35. The minimum atomic E-state index is -0.448. The number of methoxy groups -OCH3 is 1. The highest BCUT2D eigenvalue weighted by Crippen LogP contribution is 2.39. The average molecular weight is 401 g/mol. The first-order chi connectivity index (χ1) is 14.6. The molecule has 0 spiro atoms. The summed E-state index contributed by atoms with van der Waals surface area (Å²) in [7, 11) is 1.57. The normalized spacial score (nSPS) is 14.2. The second-order valence-electron chi connectivity index (χ2n) is 7.09. The fourth-order valence-corrected chi connectivity index (χ4v) is 4.07. The zero-order valence-corrected chi connectivity index (χ0v) is 16.3. The van der Waals surface area contributed by atoms with Crippen LogP contribution in [0.3, 0.4) is 0 Å². The van der Waals surface area contributed by atoms with E-state index in [9.17, 15) is 9.59 Å². The summed E-state index contributed by atoms with van der Waals surface area (Å²) in [6.45, 7) is 1.06. The van der Waals surface area contributed by atoms with Crippen molar-refractivity contribution < 1.29 is 18.7 Å². The van der Waals surface area contributed by atoms with Crippen molar-refractivity contribution in [2.45, 2.75) is 6.54 Å². The Bertz CT molecular complexity index is 1360. The van der Waals surface area contributed by atoms with Gasteiger partial charge in [0.2, 0.25) is 0 Å². The van der Waals surface area contributed by atoms with Crippen LogP contribution in [0.15, 0.2) is 59.3 Å². The van der Waals surface area contributed by atoms with E-state index in [2.05, 4.69) is 5.32 Å². The molecule has 150 valence electrons. The van der Waals surface area contributed by atoms with Crippen LogP contribution in [0.25, 0.3) is 33.0 Å². The summed E-state index contributed by atoms with van der Waals surface area (Å²) in [6, 6.07) is 13.1. The number of imide groups is 1. The Morgan fingerprint density at radius 3 is 2.57 bits per heavy atom. The molecular weight excluding hydrogens is 382 g/mol. The highest BCUT2D eigenvalue weighted by molar-refractivity contribution is 6.50. The Morgan fingerprint density at radius 1 is 1.03 bits per heavy atom. The quantitative estimate of drug-likeness (QED) is 0.501. The molecule has 1 aliphatic heterocycles. The summed E-state index contributed by atoms with van der Waals surface area (Å²) in [5.74, 6) is -0.240. The zero-order chi connectivity index (χ0) is 20.8. The molecule has 0 atom stereocenters. The van der Waals surface area contributed by atoms with Crippen LogP contribution in [-0.2, 0) is 16.1 Å².